The van der Waals surface area contributed by atoms with Gasteiger partial charge in [-0.2, -0.15) is 0 Å². The Bertz CT molecular complexity index is 350. The number of benzene rings is 1. The second-order valence-electron chi connectivity index (χ2n) is 5.37. The standard InChI is InChI=1S/C15H22O/c1-3-5-12-6-4-7-14(10-12)15(2,16)11-13-8-9-13/h4,6-7,10,13,16H,3,5,8-9,11H2,1-2H3. The Morgan fingerprint density at radius 3 is 2.75 bits per heavy atom. The normalized spacial score (nSPS) is 19.4. The van der Waals surface area contributed by atoms with Crippen LogP contribution >= 0.6 is 0 Å². The minimum Gasteiger partial charge on any atom is -0.385 e. The molecule has 0 saturated heterocycles. The molecule has 1 aliphatic rings. The minimum atomic E-state index is -0.634. The third-order valence-electron chi connectivity index (χ3n) is 3.47. The van der Waals surface area contributed by atoms with Gasteiger partial charge in [0.25, 0.3) is 0 Å². The average Bonchev–Trinajstić information content (AvgIpc) is 3.02. The van der Waals surface area contributed by atoms with E-state index in [9.17, 15) is 5.11 Å². The summed E-state index contributed by atoms with van der Waals surface area (Å²) in [4.78, 5) is 0. The molecular weight excluding hydrogens is 196 g/mol. The lowest BCUT2D eigenvalue weighted by Gasteiger charge is -2.24. The summed E-state index contributed by atoms with van der Waals surface area (Å²) in [7, 11) is 0. The molecule has 0 heterocycles. The highest BCUT2D eigenvalue weighted by Gasteiger charge is 2.32. The van der Waals surface area contributed by atoms with Crippen molar-refractivity contribution in [3.63, 3.8) is 0 Å². The van der Waals surface area contributed by atoms with Crippen molar-refractivity contribution in [1.29, 1.82) is 0 Å². The summed E-state index contributed by atoms with van der Waals surface area (Å²) < 4.78 is 0. The van der Waals surface area contributed by atoms with Crippen LogP contribution in [0.15, 0.2) is 24.3 Å². The maximum atomic E-state index is 10.5. The van der Waals surface area contributed by atoms with Crippen LogP contribution in [0.2, 0.25) is 0 Å². The van der Waals surface area contributed by atoms with Gasteiger partial charge in [-0.05, 0) is 36.8 Å². The fraction of sp³-hybridized carbons (Fsp3) is 0.600. The lowest BCUT2D eigenvalue weighted by atomic mass is 9.89. The molecule has 1 aromatic rings. The zero-order valence-electron chi connectivity index (χ0n) is 10.4. The topological polar surface area (TPSA) is 20.2 Å². The van der Waals surface area contributed by atoms with E-state index >= 15 is 0 Å². The van der Waals surface area contributed by atoms with Crippen molar-refractivity contribution >= 4 is 0 Å². The maximum absolute atomic E-state index is 10.5. The van der Waals surface area contributed by atoms with Crippen molar-refractivity contribution in [1.82, 2.24) is 0 Å². The third-order valence-corrected chi connectivity index (χ3v) is 3.47. The summed E-state index contributed by atoms with van der Waals surface area (Å²) in [5.74, 6) is 0.754. The van der Waals surface area contributed by atoms with Crippen molar-refractivity contribution in [2.75, 3.05) is 0 Å². The van der Waals surface area contributed by atoms with E-state index in [1.165, 1.54) is 18.4 Å². The summed E-state index contributed by atoms with van der Waals surface area (Å²) in [6, 6.07) is 8.45. The van der Waals surface area contributed by atoms with Crippen LogP contribution in [-0.2, 0) is 12.0 Å². The second-order valence-corrected chi connectivity index (χ2v) is 5.37. The highest BCUT2D eigenvalue weighted by atomic mass is 16.3. The van der Waals surface area contributed by atoms with Gasteiger partial charge in [0.2, 0.25) is 0 Å². The molecule has 0 aromatic heterocycles. The van der Waals surface area contributed by atoms with Crippen molar-refractivity contribution in [2.24, 2.45) is 5.92 Å². The van der Waals surface area contributed by atoms with Gasteiger partial charge in [0.15, 0.2) is 0 Å². The Kier molecular flexibility index (Phi) is 3.34. The van der Waals surface area contributed by atoms with Crippen LogP contribution in [0, 0.1) is 5.92 Å². The van der Waals surface area contributed by atoms with E-state index in [1.807, 2.05) is 6.92 Å². The number of aliphatic hydroxyl groups is 1. The quantitative estimate of drug-likeness (QED) is 0.800. The van der Waals surface area contributed by atoms with Crippen LogP contribution < -0.4 is 0 Å². The van der Waals surface area contributed by atoms with Gasteiger partial charge in [0.1, 0.15) is 0 Å². The number of rotatable bonds is 5. The first-order chi connectivity index (χ1) is 7.62. The molecule has 2 rings (SSSR count). The third kappa shape index (κ3) is 2.85. The van der Waals surface area contributed by atoms with Gasteiger partial charge < -0.3 is 5.11 Å². The first-order valence-electron chi connectivity index (χ1n) is 6.43. The lowest BCUT2D eigenvalue weighted by Crippen LogP contribution is -2.22. The van der Waals surface area contributed by atoms with Gasteiger partial charge in [-0.25, -0.2) is 0 Å². The molecule has 1 fully saturated rings. The van der Waals surface area contributed by atoms with E-state index in [2.05, 4.69) is 31.2 Å². The van der Waals surface area contributed by atoms with Gasteiger partial charge in [-0.1, -0.05) is 50.5 Å². The van der Waals surface area contributed by atoms with E-state index in [1.54, 1.807) is 0 Å². The van der Waals surface area contributed by atoms with Crippen LogP contribution in [0.4, 0.5) is 0 Å². The number of hydrogen-bond acceptors (Lipinski definition) is 1. The Balaban J connectivity index is 2.13. The van der Waals surface area contributed by atoms with E-state index in [4.69, 9.17) is 0 Å². The molecule has 0 amide bonds. The summed E-state index contributed by atoms with van der Waals surface area (Å²) in [6.07, 6.45) is 5.78. The summed E-state index contributed by atoms with van der Waals surface area (Å²) in [5.41, 5.74) is 1.80. The number of hydrogen-bond donors (Lipinski definition) is 1. The highest BCUT2D eigenvalue weighted by molar-refractivity contribution is 5.28. The van der Waals surface area contributed by atoms with Crippen LogP contribution in [0.25, 0.3) is 0 Å². The van der Waals surface area contributed by atoms with Gasteiger partial charge in [0, 0.05) is 0 Å². The van der Waals surface area contributed by atoms with Gasteiger partial charge in [0.05, 0.1) is 5.60 Å². The molecule has 1 unspecified atom stereocenters. The monoisotopic (exact) mass is 218 g/mol. The summed E-state index contributed by atoms with van der Waals surface area (Å²) in [5, 5.41) is 10.5. The molecule has 16 heavy (non-hydrogen) atoms. The molecule has 1 aromatic carbocycles. The highest BCUT2D eigenvalue weighted by Crippen LogP contribution is 2.40. The fourth-order valence-electron chi connectivity index (χ4n) is 2.35. The van der Waals surface area contributed by atoms with Crippen molar-refractivity contribution in [3.8, 4) is 0 Å². The molecule has 88 valence electrons. The molecular formula is C15H22O. The van der Waals surface area contributed by atoms with Crippen molar-refractivity contribution in [2.45, 2.75) is 51.6 Å². The molecule has 1 heteroatoms. The predicted octanol–water partition coefficient (Wildman–Crippen LogP) is 3.65. The van der Waals surface area contributed by atoms with E-state index in [0.717, 1.165) is 30.7 Å². The molecule has 0 spiro atoms. The molecule has 0 bridgehead atoms. The summed E-state index contributed by atoms with van der Waals surface area (Å²) >= 11 is 0. The second kappa shape index (κ2) is 4.58. The molecule has 1 aliphatic carbocycles. The van der Waals surface area contributed by atoms with E-state index in [-0.39, 0.29) is 0 Å². The molecule has 1 N–H and O–H groups in total. The van der Waals surface area contributed by atoms with Crippen LogP contribution in [0.1, 0.15) is 50.7 Å². The largest absolute Gasteiger partial charge is 0.385 e. The van der Waals surface area contributed by atoms with Crippen LogP contribution in [0.3, 0.4) is 0 Å². The van der Waals surface area contributed by atoms with Gasteiger partial charge in [-0.3, -0.25) is 0 Å². The Labute approximate surface area is 98.5 Å². The molecule has 1 nitrogen and oxygen atoms in total. The SMILES string of the molecule is CCCc1cccc(C(C)(O)CC2CC2)c1. The first kappa shape index (κ1) is 11.7. The summed E-state index contributed by atoms with van der Waals surface area (Å²) in [6.45, 7) is 4.14. The fourth-order valence-corrected chi connectivity index (χ4v) is 2.35. The van der Waals surface area contributed by atoms with Crippen LogP contribution in [0.5, 0.6) is 0 Å². The number of aryl methyl sites for hydroxylation is 1. The minimum absolute atomic E-state index is 0.634. The first-order valence-corrected chi connectivity index (χ1v) is 6.43. The average molecular weight is 218 g/mol. The Hall–Kier alpha value is -0.820. The predicted molar refractivity (Wildman–Crippen MR) is 67.3 cm³/mol. The van der Waals surface area contributed by atoms with Crippen molar-refractivity contribution < 1.29 is 5.11 Å². The molecule has 1 saturated carbocycles. The molecule has 0 aliphatic heterocycles. The Morgan fingerprint density at radius 1 is 1.38 bits per heavy atom. The maximum Gasteiger partial charge on any atom is 0.0871 e. The van der Waals surface area contributed by atoms with Gasteiger partial charge in [-0.15, -0.1) is 0 Å². The smallest absolute Gasteiger partial charge is 0.0871 e. The molecule has 0 radical (unpaired) electrons. The molecule has 1 atom stereocenters. The van der Waals surface area contributed by atoms with E-state index in [0.29, 0.717) is 0 Å². The zero-order chi connectivity index (χ0) is 11.6. The van der Waals surface area contributed by atoms with Crippen LogP contribution in [-0.4, -0.2) is 5.11 Å². The lowest BCUT2D eigenvalue weighted by molar-refractivity contribution is 0.0417. The van der Waals surface area contributed by atoms with Crippen molar-refractivity contribution in [3.05, 3.63) is 35.4 Å². The van der Waals surface area contributed by atoms with Gasteiger partial charge >= 0.3 is 0 Å². The Morgan fingerprint density at radius 2 is 2.12 bits per heavy atom. The zero-order valence-corrected chi connectivity index (χ0v) is 10.4. The van der Waals surface area contributed by atoms with E-state index < -0.39 is 5.60 Å².